The molecule has 2 N–H and O–H groups in total. The molecule has 0 radical (unpaired) electrons. The summed E-state index contributed by atoms with van der Waals surface area (Å²) in [5.74, 6) is -1.58. The maximum absolute atomic E-state index is 12.8. The number of nitrogens with one attached hydrogen (secondary N) is 1. The first-order valence-corrected chi connectivity index (χ1v) is 9.90. The van der Waals surface area contributed by atoms with Crippen LogP contribution in [0.5, 0.6) is 0 Å². The van der Waals surface area contributed by atoms with Crippen molar-refractivity contribution in [2.75, 3.05) is 0 Å². The Kier molecular flexibility index (Phi) is 6.89. The summed E-state index contributed by atoms with van der Waals surface area (Å²) in [4.78, 5) is 29.1. The molecule has 2 heterocycles. The number of nitrogens with zero attached hydrogens (tertiary/aromatic N) is 1. The summed E-state index contributed by atoms with van der Waals surface area (Å²) in [6.45, 7) is 5.03. The molecule has 1 amide bonds. The van der Waals surface area contributed by atoms with Crippen molar-refractivity contribution >= 4 is 24.5 Å². The first-order chi connectivity index (χ1) is 15.0. The number of amides is 1. The fraction of sp³-hybridized carbons (Fsp3) is 0.381. The van der Waals surface area contributed by atoms with Gasteiger partial charge < -0.3 is 19.7 Å². The Morgan fingerprint density at radius 1 is 1.28 bits per heavy atom. The zero-order chi connectivity index (χ0) is 23.6. The van der Waals surface area contributed by atoms with Gasteiger partial charge in [-0.2, -0.15) is 13.2 Å². The van der Waals surface area contributed by atoms with Crippen LogP contribution in [0.15, 0.2) is 30.5 Å². The van der Waals surface area contributed by atoms with E-state index in [1.54, 1.807) is 32.9 Å². The lowest BCUT2D eigenvalue weighted by Crippen LogP contribution is -2.46. The molecular weight excluding hydrogens is 428 g/mol. The number of pyridine rings is 1. The largest absolute Gasteiger partial charge is 0.492 e. The molecule has 0 bridgehead atoms. The van der Waals surface area contributed by atoms with Crippen LogP contribution in [0.2, 0.25) is 0 Å². The van der Waals surface area contributed by atoms with Crippen LogP contribution in [0.3, 0.4) is 0 Å². The van der Waals surface area contributed by atoms with Crippen molar-refractivity contribution in [3.05, 3.63) is 58.4 Å². The van der Waals surface area contributed by atoms with E-state index in [4.69, 9.17) is 9.39 Å². The zero-order valence-corrected chi connectivity index (χ0v) is 17.7. The van der Waals surface area contributed by atoms with Crippen LogP contribution in [0.1, 0.15) is 46.6 Å². The number of benzene rings is 1. The molecule has 0 saturated carbocycles. The number of fused-ring (bicyclic) bond motifs is 1. The Balaban J connectivity index is 1.67. The van der Waals surface area contributed by atoms with E-state index in [-0.39, 0.29) is 30.4 Å². The predicted molar refractivity (Wildman–Crippen MR) is 109 cm³/mol. The molecule has 32 heavy (non-hydrogen) atoms. The number of halogens is 3. The second-order valence-electron chi connectivity index (χ2n) is 7.81. The molecule has 170 valence electrons. The molecule has 1 aromatic heterocycles. The lowest BCUT2D eigenvalue weighted by atomic mass is 9.75. The van der Waals surface area contributed by atoms with Gasteiger partial charge in [-0.25, -0.2) is 4.79 Å². The van der Waals surface area contributed by atoms with Gasteiger partial charge in [-0.1, -0.05) is 19.9 Å². The fourth-order valence-corrected chi connectivity index (χ4v) is 3.38. The van der Waals surface area contributed by atoms with E-state index in [0.29, 0.717) is 17.2 Å². The Bertz CT molecular complexity index is 1010. The highest BCUT2D eigenvalue weighted by molar-refractivity contribution is 6.62. The molecule has 1 aliphatic rings. The van der Waals surface area contributed by atoms with Crippen molar-refractivity contribution in [1.82, 2.24) is 10.3 Å². The number of carbonyl (C=O) groups is 2. The molecule has 1 atom stereocenters. The molecule has 1 aliphatic heterocycles. The van der Waals surface area contributed by atoms with Crippen molar-refractivity contribution in [3.8, 4) is 0 Å². The van der Waals surface area contributed by atoms with Gasteiger partial charge in [0.2, 0.25) is 0 Å². The molecule has 1 unspecified atom stereocenters. The molecule has 0 fully saturated rings. The third-order valence-corrected chi connectivity index (χ3v) is 5.22. The summed E-state index contributed by atoms with van der Waals surface area (Å²) in [5.41, 5.74) is 1.40. The van der Waals surface area contributed by atoms with Crippen LogP contribution in [0.4, 0.5) is 13.2 Å². The van der Waals surface area contributed by atoms with Crippen LogP contribution in [-0.2, 0) is 33.6 Å². The van der Waals surface area contributed by atoms with E-state index in [1.807, 2.05) is 0 Å². The van der Waals surface area contributed by atoms with Gasteiger partial charge in [0.05, 0.1) is 17.9 Å². The molecule has 0 aliphatic carbocycles. The lowest BCUT2D eigenvalue weighted by Gasteiger charge is -2.21. The highest BCUT2D eigenvalue weighted by Gasteiger charge is 2.33. The van der Waals surface area contributed by atoms with Crippen LogP contribution in [-0.4, -0.2) is 35.0 Å². The topological polar surface area (TPSA) is 97.8 Å². The summed E-state index contributed by atoms with van der Waals surface area (Å²) >= 11 is 0. The van der Waals surface area contributed by atoms with Crippen LogP contribution in [0, 0.1) is 12.8 Å². The monoisotopic (exact) mass is 450 g/mol. The summed E-state index contributed by atoms with van der Waals surface area (Å²) in [5, 5.41) is 12.6. The Morgan fingerprint density at radius 2 is 2.00 bits per heavy atom. The number of alkyl halides is 3. The number of hydrogen-bond donors (Lipinski definition) is 2. The highest BCUT2D eigenvalue weighted by atomic mass is 19.4. The van der Waals surface area contributed by atoms with E-state index in [2.05, 4.69) is 10.3 Å². The van der Waals surface area contributed by atoms with Gasteiger partial charge in [-0.05, 0) is 47.6 Å². The smallest absolute Gasteiger partial charge is 0.458 e. The first kappa shape index (κ1) is 23.7. The number of carbonyl (C=O) groups excluding carboxylic acids is 2. The van der Waals surface area contributed by atoms with Gasteiger partial charge in [-0.3, -0.25) is 9.78 Å². The second-order valence-corrected chi connectivity index (χ2v) is 7.81. The van der Waals surface area contributed by atoms with E-state index in [0.717, 1.165) is 17.7 Å². The van der Waals surface area contributed by atoms with Gasteiger partial charge >= 0.3 is 19.3 Å². The van der Waals surface area contributed by atoms with Gasteiger partial charge in [0, 0.05) is 11.8 Å². The summed E-state index contributed by atoms with van der Waals surface area (Å²) in [6.07, 6.45) is -3.84. The maximum atomic E-state index is 12.8. The van der Waals surface area contributed by atoms with E-state index < -0.39 is 36.8 Å². The first-order valence-electron chi connectivity index (χ1n) is 9.90. The number of ether oxygens (including phenoxy) is 1. The number of rotatable bonds is 6. The molecule has 1 aromatic carbocycles. The van der Waals surface area contributed by atoms with Gasteiger partial charge in [0.1, 0.15) is 12.6 Å². The second kappa shape index (κ2) is 9.29. The standard InChI is InChI=1S/C21H22BF3N2O5/c1-11(2)18(20(29)31-10-15-6-5-14(8-26-15)21(23,24)25)27-19(28)16-7-4-13-9-32-22(30)17(13)12(16)3/h4-8,11,18,30H,9-10H2,1-3H3,(H,27,28). The third-order valence-electron chi connectivity index (χ3n) is 5.22. The quantitative estimate of drug-likeness (QED) is 0.517. The average molecular weight is 450 g/mol. The normalized spacial score (nSPS) is 14.3. The maximum Gasteiger partial charge on any atom is 0.492 e. The SMILES string of the molecule is Cc1c(C(=O)NC(C(=O)OCc2ccc(C(F)(F)F)cn2)C(C)C)ccc2c1B(O)OC2. The van der Waals surface area contributed by atoms with E-state index >= 15 is 0 Å². The Morgan fingerprint density at radius 3 is 2.59 bits per heavy atom. The highest BCUT2D eigenvalue weighted by Crippen LogP contribution is 2.28. The van der Waals surface area contributed by atoms with Crippen LogP contribution in [0.25, 0.3) is 0 Å². The van der Waals surface area contributed by atoms with Gasteiger partial charge in [0.25, 0.3) is 5.91 Å². The minimum atomic E-state index is -4.51. The van der Waals surface area contributed by atoms with Crippen molar-refractivity contribution in [2.45, 2.75) is 46.2 Å². The van der Waals surface area contributed by atoms with Gasteiger partial charge in [-0.15, -0.1) is 0 Å². The van der Waals surface area contributed by atoms with Crippen LogP contribution < -0.4 is 10.8 Å². The number of esters is 1. The minimum absolute atomic E-state index is 0.142. The van der Waals surface area contributed by atoms with E-state index in [9.17, 15) is 27.8 Å². The molecule has 2 aromatic rings. The number of hydrogen-bond acceptors (Lipinski definition) is 6. The van der Waals surface area contributed by atoms with Crippen molar-refractivity contribution in [1.29, 1.82) is 0 Å². The summed E-state index contributed by atoms with van der Waals surface area (Å²) < 4.78 is 48.2. The van der Waals surface area contributed by atoms with E-state index in [1.165, 1.54) is 0 Å². The number of aromatic nitrogens is 1. The Labute approximate surface area is 183 Å². The fourth-order valence-electron chi connectivity index (χ4n) is 3.38. The summed E-state index contributed by atoms with van der Waals surface area (Å²) in [6, 6.07) is 4.27. The molecule has 0 saturated heterocycles. The molecule has 11 heteroatoms. The predicted octanol–water partition coefficient (Wildman–Crippen LogP) is 2.12. The molecular formula is C21H22BF3N2O5. The zero-order valence-electron chi connectivity index (χ0n) is 17.7. The van der Waals surface area contributed by atoms with Crippen molar-refractivity contribution < 1.29 is 37.2 Å². The summed E-state index contributed by atoms with van der Waals surface area (Å²) in [7, 11) is -1.11. The molecule has 7 nitrogen and oxygen atoms in total. The average Bonchev–Trinajstić information content (AvgIpc) is 3.11. The van der Waals surface area contributed by atoms with Gasteiger partial charge in [0.15, 0.2) is 0 Å². The Hall–Kier alpha value is -2.92. The van der Waals surface area contributed by atoms with Crippen molar-refractivity contribution in [2.24, 2.45) is 5.92 Å². The third kappa shape index (κ3) is 5.10. The van der Waals surface area contributed by atoms with Crippen molar-refractivity contribution in [3.63, 3.8) is 0 Å². The minimum Gasteiger partial charge on any atom is -0.458 e. The van der Waals surface area contributed by atoms with Crippen LogP contribution >= 0.6 is 0 Å². The molecule has 0 spiro atoms. The molecule has 3 rings (SSSR count). The lowest BCUT2D eigenvalue weighted by molar-refractivity contribution is -0.148.